The van der Waals surface area contributed by atoms with Crippen LogP contribution in [-0.2, 0) is 9.53 Å². The zero-order valence-corrected chi connectivity index (χ0v) is 10.0. The van der Waals surface area contributed by atoms with E-state index in [1.807, 2.05) is 0 Å². The molecule has 1 fully saturated rings. The smallest absolute Gasteiger partial charge is 0.147 e. The summed E-state index contributed by atoms with van der Waals surface area (Å²) in [5, 5.41) is 0. The molecule has 0 N–H and O–H groups in total. The van der Waals surface area contributed by atoms with Gasteiger partial charge in [-0.2, -0.15) is 0 Å². The number of carbonyl (C=O) groups excluding carboxylic acids is 1. The summed E-state index contributed by atoms with van der Waals surface area (Å²) < 4.78 is 6.02. The van der Waals surface area contributed by atoms with Crippen molar-refractivity contribution < 1.29 is 9.53 Å². The van der Waals surface area contributed by atoms with Gasteiger partial charge in [0.05, 0.1) is 5.92 Å². The van der Waals surface area contributed by atoms with E-state index < -0.39 is 0 Å². The number of hydrogen-bond donors (Lipinski definition) is 0. The lowest BCUT2D eigenvalue weighted by molar-refractivity contribution is -0.129. The third kappa shape index (κ3) is 2.08. The van der Waals surface area contributed by atoms with E-state index in [2.05, 4.69) is 24.3 Å². The summed E-state index contributed by atoms with van der Waals surface area (Å²) in [6.07, 6.45) is 14.5. The first-order valence-corrected chi connectivity index (χ1v) is 6.60. The first-order valence-electron chi connectivity index (χ1n) is 6.60. The fourth-order valence-electron chi connectivity index (χ4n) is 2.89. The summed E-state index contributed by atoms with van der Waals surface area (Å²) in [5.74, 6) is 1.37. The molecule has 0 aromatic carbocycles. The Morgan fingerprint density at radius 1 is 1.18 bits per heavy atom. The van der Waals surface area contributed by atoms with Crippen LogP contribution in [-0.4, -0.2) is 11.9 Å². The van der Waals surface area contributed by atoms with Crippen molar-refractivity contribution in [3.63, 3.8) is 0 Å². The number of carbonyl (C=O) groups is 1. The molecule has 0 aromatic heterocycles. The van der Waals surface area contributed by atoms with Gasteiger partial charge in [0.15, 0.2) is 0 Å². The molecule has 0 bridgehead atoms. The predicted octanol–water partition coefficient (Wildman–Crippen LogP) is 3.30. The molecule has 2 aliphatic carbocycles. The summed E-state index contributed by atoms with van der Waals surface area (Å²) in [6, 6.07) is 0. The van der Waals surface area contributed by atoms with Gasteiger partial charge in [0, 0.05) is 6.42 Å². The fraction of sp³-hybridized carbons (Fsp3) is 0.533. The highest BCUT2D eigenvalue weighted by Crippen LogP contribution is 2.36. The minimum atomic E-state index is -0.0281. The van der Waals surface area contributed by atoms with E-state index in [4.69, 9.17) is 4.74 Å². The maximum atomic E-state index is 12.1. The average molecular weight is 230 g/mol. The molecular weight excluding hydrogens is 212 g/mol. The van der Waals surface area contributed by atoms with E-state index >= 15 is 0 Å². The molecule has 0 amide bonds. The second kappa shape index (κ2) is 4.52. The van der Waals surface area contributed by atoms with Gasteiger partial charge in [-0.05, 0) is 43.8 Å². The molecule has 2 atom stereocenters. The van der Waals surface area contributed by atoms with Gasteiger partial charge in [-0.3, -0.25) is 4.79 Å². The van der Waals surface area contributed by atoms with Gasteiger partial charge in [0.1, 0.15) is 17.6 Å². The summed E-state index contributed by atoms with van der Waals surface area (Å²) in [5.41, 5.74) is 1.19. The van der Waals surface area contributed by atoms with Crippen LogP contribution in [0.15, 0.2) is 35.6 Å². The molecule has 3 aliphatic rings. The van der Waals surface area contributed by atoms with Crippen LogP contribution in [0.2, 0.25) is 0 Å². The van der Waals surface area contributed by atoms with Crippen molar-refractivity contribution in [2.75, 3.05) is 0 Å². The van der Waals surface area contributed by atoms with Crippen molar-refractivity contribution in [2.45, 2.75) is 44.6 Å². The minimum absolute atomic E-state index is 0.0281. The standard InChI is InChI=1S/C15H18O2/c16-13-10-15(11-6-2-1-3-7-11)17-14-9-5-4-8-12(13)14/h2,6-7,9,12,15H,1,3-5,8,10H2. The Labute approximate surface area is 102 Å². The van der Waals surface area contributed by atoms with Gasteiger partial charge in [-0.1, -0.05) is 18.2 Å². The second-order valence-electron chi connectivity index (χ2n) is 5.05. The Morgan fingerprint density at radius 2 is 2.12 bits per heavy atom. The van der Waals surface area contributed by atoms with E-state index in [-0.39, 0.29) is 12.0 Å². The number of ether oxygens (including phenoxy) is 1. The van der Waals surface area contributed by atoms with Crippen LogP contribution in [0.25, 0.3) is 0 Å². The van der Waals surface area contributed by atoms with Crippen LogP contribution in [0.4, 0.5) is 0 Å². The number of hydrogen-bond acceptors (Lipinski definition) is 2. The molecule has 2 unspecified atom stereocenters. The van der Waals surface area contributed by atoms with Crippen LogP contribution in [0, 0.1) is 5.92 Å². The fourth-order valence-corrected chi connectivity index (χ4v) is 2.89. The Morgan fingerprint density at radius 3 is 2.94 bits per heavy atom. The molecule has 2 heteroatoms. The Kier molecular flexibility index (Phi) is 2.87. The molecule has 3 rings (SSSR count). The monoisotopic (exact) mass is 230 g/mol. The quantitative estimate of drug-likeness (QED) is 0.691. The second-order valence-corrected chi connectivity index (χ2v) is 5.05. The first kappa shape index (κ1) is 10.8. The Bertz CT molecular complexity index is 415. The lowest BCUT2D eigenvalue weighted by Gasteiger charge is -2.34. The van der Waals surface area contributed by atoms with Crippen molar-refractivity contribution in [1.29, 1.82) is 0 Å². The van der Waals surface area contributed by atoms with Crippen molar-refractivity contribution in [1.82, 2.24) is 0 Å². The lowest BCUT2D eigenvalue weighted by atomic mass is 9.83. The third-order valence-electron chi connectivity index (χ3n) is 3.83. The Balaban J connectivity index is 1.80. The number of ketones is 1. The van der Waals surface area contributed by atoms with E-state index in [1.165, 1.54) is 5.57 Å². The van der Waals surface area contributed by atoms with E-state index in [1.54, 1.807) is 0 Å². The largest absolute Gasteiger partial charge is 0.489 e. The molecule has 0 aromatic rings. The molecule has 2 nitrogen and oxygen atoms in total. The number of fused-ring (bicyclic) bond motifs is 1. The average Bonchev–Trinajstić information content (AvgIpc) is 2.40. The van der Waals surface area contributed by atoms with Crippen LogP contribution >= 0.6 is 0 Å². The van der Waals surface area contributed by atoms with Gasteiger partial charge in [0.2, 0.25) is 0 Å². The molecule has 1 heterocycles. The van der Waals surface area contributed by atoms with Crippen LogP contribution in [0.1, 0.15) is 38.5 Å². The number of rotatable bonds is 1. The summed E-state index contributed by atoms with van der Waals surface area (Å²) >= 11 is 0. The van der Waals surface area contributed by atoms with Crippen LogP contribution in [0.5, 0.6) is 0 Å². The molecule has 0 spiro atoms. The lowest BCUT2D eigenvalue weighted by Crippen LogP contribution is -2.34. The number of allylic oxidation sites excluding steroid dienone is 4. The summed E-state index contributed by atoms with van der Waals surface area (Å²) in [6.45, 7) is 0. The Hall–Kier alpha value is -1.31. The van der Waals surface area contributed by atoms with E-state index in [9.17, 15) is 4.79 Å². The van der Waals surface area contributed by atoms with Crippen molar-refractivity contribution in [3.05, 3.63) is 35.6 Å². The topological polar surface area (TPSA) is 26.3 Å². The molecule has 90 valence electrons. The van der Waals surface area contributed by atoms with Crippen LogP contribution < -0.4 is 0 Å². The summed E-state index contributed by atoms with van der Waals surface area (Å²) in [4.78, 5) is 12.1. The molecule has 1 saturated heterocycles. The van der Waals surface area contributed by atoms with Gasteiger partial charge in [0.25, 0.3) is 0 Å². The molecule has 0 saturated carbocycles. The van der Waals surface area contributed by atoms with Crippen molar-refractivity contribution >= 4 is 5.78 Å². The molecule has 17 heavy (non-hydrogen) atoms. The number of Topliss-reactive ketones (excluding diaryl/α,β-unsaturated/α-hetero) is 1. The van der Waals surface area contributed by atoms with Crippen molar-refractivity contribution in [2.24, 2.45) is 5.92 Å². The highest BCUT2D eigenvalue weighted by molar-refractivity contribution is 5.85. The van der Waals surface area contributed by atoms with Gasteiger partial charge in [-0.25, -0.2) is 0 Å². The SMILES string of the molecule is O=C1CC(C2=CCCC=C2)OC2=CCCCC12. The zero-order chi connectivity index (χ0) is 11.7. The maximum absolute atomic E-state index is 12.1. The van der Waals surface area contributed by atoms with Crippen LogP contribution in [0.3, 0.4) is 0 Å². The molecule has 0 radical (unpaired) electrons. The van der Waals surface area contributed by atoms with Gasteiger partial charge < -0.3 is 4.74 Å². The zero-order valence-electron chi connectivity index (χ0n) is 10.0. The minimum Gasteiger partial charge on any atom is -0.489 e. The van der Waals surface area contributed by atoms with Gasteiger partial charge >= 0.3 is 0 Å². The molecular formula is C15H18O2. The van der Waals surface area contributed by atoms with E-state index in [0.29, 0.717) is 12.2 Å². The third-order valence-corrected chi connectivity index (χ3v) is 3.83. The summed E-state index contributed by atoms with van der Waals surface area (Å²) in [7, 11) is 0. The van der Waals surface area contributed by atoms with Crippen molar-refractivity contribution in [3.8, 4) is 0 Å². The maximum Gasteiger partial charge on any atom is 0.147 e. The normalized spacial score (nSPS) is 32.4. The highest BCUT2D eigenvalue weighted by Gasteiger charge is 2.35. The van der Waals surface area contributed by atoms with Gasteiger partial charge in [-0.15, -0.1) is 0 Å². The first-order chi connectivity index (χ1) is 8.34. The van der Waals surface area contributed by atoms with E-state index in [0.717, 1.165) is 37.9 Å². The highest BCUT2D eigenvalue weighted by atomic mass is 16.5. The predicted molar refractivity (Wildman–Crippen MR) is 66.4 cm³/mol. The molecule has 1 aliphatic heterocycles.